The zero-order valence-corrected chi connectivity index (χ0v) is 10.2. The van der Waals surface area contributed by atoms with E-state index in [2.05, 4.69) is 15.9 Å². The van der Waals surface area contributed by atoms with Gasteiger partial charge in [-0.1, -0.05) is 11.6 Å². The predicted octanol–water partition coefficient (Wildman–Crippen LogP) is 5.34. The first-order chi connectivity index (χ1) is 6.89. The van der Waals surface area contributed by atoms with Crippen molar-refractivity contribution in [3.8, 4) is 0 Å². The minimum Gasteiger partial charge on any atom is -0.166 e. The lowest BCUT2D eigenvalue weighted by atomic mass is 10.2. The molecule has 0 N–H and O–H groups in total. The van der Waals surface area contributed by atoms with E-state index >= 15 is 0 Å². The second kappa shape index (κ2) is 3.64. The first-order valence-corrected chi connectivity index (χ1v) is 5.88. The maximum Gasteiger partial charge on any atom is 0.417 e. The third-order valence-corrected chi connectivity index (χ3v) is 4.14. The Labute approximate surface area is 101 Å². The fourth-order valence-electron chi connectivity index (χ4n) is 1.23. The highest BCUT2D eigenvalue weighted by Gasteiger charge is 2.33. The van der Waals surface area contributed by atoms with Gasteiger partial charge >= 0.3 is 6.18 Å². The maximum absolute atomic E-state index is 12.5. The van der Waals surface area contributed by atoms with Gasteiger partial charge in [0.05, 0.1) is 10.6 Å². The van der Waals surface area contributed by atoms with E-state index in [9.17, 15) is 13.2 Å². The lowest BCUT2D eigenvalue weighted by Gasteiger charge is -2.08. The monoisotopic (exact) mass is 314 g/mol. The van der Waals surface area contributed by atoms with Crippen molar-refractivity contribution in [1.82, 2.24) is 0 Å². The number of thiophene rings is 1. The molecule has 0 nitrogen and oxygen atoms in total. The minimum atomic E-state index is -4.40. The Bertz CT molecular complexity index is 518. The summed E-state index contributed by atoms with van der Waals surface area (Å²) in [5, 5.41) is 2.17. The molecule has 0 bridgehead atoms. The molecule has 2 aromatic rings. The summed E-state index contributed by atoms with van der Waals surface area (Å²) in [7, 11) is 0. The molecule has 0 fully saturated rings. The van der Waals surface area contributed by atoms with Gasteiger partial charge in [0.25, 0.3) is 0 Å². The van der Waals surface area contributed by atoms with Crippen LogP contribution < -0.4 is 0 Å². The molecule has 0 amide bonds. The van der Waals surface area contributed by atoms with Gasteiger partial charge in [-0.2, -0.15) is 13.2 Å². The third-order valence-electron chi connectivity index (χ3n) is 1.92. The molecule has 0 saturated heterocycles. The molecular weight excluding hydrogens is 313 g/mol. The fraction of sp³-hybridized carbons (Fsp3) is 0.111. The summed E-state index contributed by atoms with van der Waals surface area (Å²) in [6.07, 6.45) is -4.40. The second-order valence-corrected chi connectivity index (χ2v) is 5.08. The average molecular weight is 316 g/mol. The zero-order chi connectivity index (χ0) is 11.2. The smallest absolute Gasteiger partial charge is 0.166 e. The summed E-state index contributed by atoms with van der Waals surface area (Å²) < 4.78 is 38.8. The second-order valence-electron chi connectivity index (χ2n) is 2.91. The van der Waals surface area contributed by atoms with Crippen LogP contribution in [-0.2, 0) is 6.18 Å². The van der Waals surface area contributed by atoms with Gasteiger partial charge in [0, 0.05) is 19.9 Å². The SMILES string of the molecule is FC(F)(F)c1cc2scc(Br)c2cc1Cl. The minimum absolute atomic E-state index is 0.269. The molecule has 0 spiro atoms. The average Bonchev–Trinajstić information content (AvgIpc) is 2.45. The molecular formula is C9H3BrClF3S. The summed E-state index contributed by atoms with van der Waals surface area (Å²) in [4.78, 5) is 0. The molecule has 6 heteroatoms. The lowest BCUT2D eigenvalue weighted by Crippen LogP contribution is -2.05. The van der Waals surface area contributed by atoms with Crippen molar-refractivity contribution in [2.75, 3.05) is 0 Å². The molecule has 0 aliphatic carbocycles. The maximum atomic E-state index is 12.5. The molecule has 0 unspecified atom stereocenters. The number of halogens is 5. The van der Waals surface area contributed by atoms with Crippen LogP contribution in [0, 0.1) is 0 Å². The highest BCUT2D eigenvalue weighted by molar-refractivity contribution is 9.10. The number of hydrogen-bond donors (Lipinski definition) is 0. The Kier molecular flexibility index (Phi) is 2.73. The molecule has 1 aromatic heterocycles. The van der Waals surface area contributed by atoms with E-state index in [1.807, 2.05) is 0 Å². The Morgan fingerprint density at radius 2 is 1.93 bits per heavy atom. The molecule has 0 saturated carbocycles. The molecule has 2 rings (SSSR count). The largest absolute Gasteiger partial charge is 0.417 e. The Morgan fingerprint density at radius 1 is 1.27 bits per heavy atom. The van der Waals surface area contributed by atoms with Gasteiger partial charge < -0.3 is 0 Å². The predicted molar refractivity (Wildman–Crippen MR) is 59.5 cm³/mol. The van der Waals surface area contributed by atoms with E-state index in [1.54, 1.807) is 5.38 Å². The third kappa shape index (κ3) is 2.00. The van der Waals surface area contributed by atoms with Crippen molar-refractivity contribution < 1.29 is 13.2 Å². The highest BCUT2D eigenvalue weighted by Crippen LogP contribution is 2.40. The first-order valence-electron chi connectivity index (χ1n) is 3.83. The van der Waals surface area contributed by atoms with Crippen LogP contribution in [0.25, 0.3) is 10.1 Å². The van der Waals surface area contributed by atoms with Crippen molar-refractivity contribution in [2.45, 2.75) is 6.18 Å². The molecule has 15 heavy (non-hydrogen) atoms. The van der Waals surface area contributed by atoms with Gasteiger partial charge in [-0.3, -0.25) is 0 Å². The van der Waals surface area contributed by atoms with Crippen molar-refractivity contribution in [1.29, 1.82) is 0 Å². The number of alkyl halides is 3. The number of hydrogen-bond acceptors (Lipinski definition) is 1. The summed E-state index contributed by atoms with van der Waals surface area (Å²) >= 11 is 10.1. The Morgan fingerprint density at radius 3 is 2.53 bits per heavy atom. The van der Waals surface area contributed by atoms with Crippen molar-refractivity contribution in [2.24, 2.45) is 0 Å². The molecule has 80 valence electrons. The van der Waals surface area contributed by atoms with Crippen LogP contribution in [0.15, 0.2) is 22.0 Å². The molecule has 0 aliphatic heterocycles. The van der Waals surface area contributed by atoms with Crippen molar-refractivity contribution in [3.63, 3.8) is 0 Å². The quantitative estimate of drug-likeness (QED) is 0.616. The van der Waals surface area contributed by atoms with Gasteiger partial charge in [-0.15, -0.1) is 11.3 Å². The summed E-state index contributed by atoms with van der Waals surface area (Å²) in [6, 6.07) is 2.41. The van der Waals surface area contributed by atoms with Crippen LogP contribution in [0.3, 0.4) is 0 Å². The highest BCUT2D eigenvalue weighted by atomic mass is 79.9. The van der Waals surface area contributed by atoms with Crippen molar-refractivity contribution >= 4 is 49.0 Å². The molecule has 1 heterocycles. The summed E-state index contributed by atoms with van der Waals surface area (Å²) in [5.74, 6) is 0. The van der Waals surface area contributed by atoms with E-state index in [1.165, 1.54) is 17.4 Å². The first kappa shape index (κ1) is 11.2. The number of benzene rings is 1. The normalized spacial score (nSPS) is 12.3. The van der Waals surface area contributed by atoms with E-state index in [-0.39, 0.29) is 5.02 Å². The Balaban J connectivity index is 2.74. The van der Waals surface area contributed by atoms with Gasteiger partial charge in [-0.05, 0) is 28.1 Å². The van der Waals surface area contributed by atoms with Gasteiger partial charge in [0.15, 0.2) is 0 Å². The van der Waals surface area contributed by atoms with Gasteiger partial charge in [-0.25, -0.2) is 0 Å². The van der Waals surface area contributed by atoms with Crippen LogP contribution >= 0.6 is 38.9 Å². The van der Waals surface area contributed by atoms with Crippen LogP contribution in [-0.4, -0.2) is 0 Å². The fourth-order valence-corrected chi connectivity index (χ4v) is 3.08. The lowest BCUT2D eigenvalue weighted by molar-refractivity contribution is -0.137. The van der Waals surface area contributed by atoms with E-state index in [0.29, 0.717) is 10.1 Å². The van der Waals surface area contributed by atoms with E-state index < -0.39 is 11.7 Å². The number of rotatable bonds is 0. The van der Waals surface area contributed by atoms with E-state index in [4.69, 9.17) is 11.6 Å². The van der Waals surface area contributed by atoms with Crippen molar-refractivity contribution in [3.05, 3.63) is 32.6 Å². The Hall–Kier alpha value is -0.260. The van der Waals surface area contributed by atoms with Crippen LogP contribution in [0.1, 0.15) is 5.56 Å². The molecule has 0 atom stereocenters. The van der Waals surface area contributed by atoms with Crippen LogP contribution in [0.4, 0.5) is 13.2 Å². The summed E-state index contributed by atoms with van der Waals surface area (Å²) in [6.45, 7) is 0. The van der Waals surface area contributed by atoms with Crippen LogP contribution in [0.2, 0.25) is 5.02 Å². The molecule has 0 radical (unpaired) electrons. The topological polar surface area (TPSA) is 0 Å². The van der Waals surface area contributed by atoms with Gasteiger partial charge in [0.2, 0.25) is 0 Å². The van der Waals surface area contributed by atoms with Gasteiger partial charge in [0.1, 0.15) is 0 Å². The standard InChI is InChI=1S/C9H3BrClF3S/c10-6-3-15-8-2-5(9(12,13)14)7(11)1-4(6)8/h1-3H. The molecule has 1 aromatic carbocycles. The van der Waals surface area contributed by atoms with Crippen LogP contribution in [0.5, 0.6) is 0 Å². The summed E-state index contributed by atoms with van der Waals surface area (Å²) in [5.41, 5.74) is -0.786. The zero-order valence-electron chi connectivity index (χ0n) is 7.03. The van der Waals surface area contributed by atoms with E-state index in [0.717, 1.165) is 10.5 Å². The number of fused-ring (bicyclic) bond motifs is 1. The molecule has 0 aliphatic rings.